The normalized spacial score (nSPS) is 10.7. The van der Waals surface area contributed by atoms with Gasteiger partial charge < -0.3 is 4.74 Å². The van der Waals surface area contributed by atoms with Crippen molar-refractivity contribution in [3.05, 3.63) is 42.7 Å². The molecular formula is C11H9N5O2. The molecule has 0 atom stereocenters. The summed E-state index contributed by atoms with van der Waals surface area (Å²) in [5.41, 5.74) is 1.61. The van der Waals surface area contributed by atoms with Crippen molar-refractivity contribution in [1.29, 1.82) is 0 Å². The van der Waals surface area contributed by atoms with Gasteiger partial charge in [-0.3, -0.25) is 4.98 Å². The van der Waals surface area contributed by atoms with E-state index in [1.807, 2.05) is 0 Å². The van der Waals surface area contributed by atoms with Crippen LogP contribution in [0.25, 0.3) is 11.0 Å². The highest BCUT2D eigenvalue weighted by Gasteiger charge is 2.16. The van der Waals surface area contributed by atoms with E-state index in [1.54, 1.807) is 46.6 Å². The van der Waals surface area contributed by atoms with Crippen molar-refractivity contribution < 1.29 is 9.53 Å². The Labute approximate surface area is 102 Å². The average molecular weight is 243 g/mol. The number of nitrogens with zero attached hydrogens (tertiary/aromatic N) is 5. The van der Waals surface area contributed by atoms with Gasteiger partial charge in [-0.05, 0) is 6.07 Å². The number of methoxy groups -OCH3 is 1. The van der Waals surface area contributed by atoms with E-state index in [9.17, 15) is 4.79 Å². The Kier molecular flexibility index (Phi) is 2.30. The number of ether oxygens (including phenoxy) is 1. The summed E-state index contributed by atoms with van der Waals surface area (Å²) in [7, 11) is 1.34. The molecule has 3 heterocycles. The molecule has 0 aromatic carbocycles. The molecule has 0 fully saturated rings. The van der Waals surface area contributed by atoms with Gasteiger partial charge in [0, 0.05) is 18.6 Å². The minimum atomic E-state index is -0.427. The zero-order valence-corrected chi connectivity index (χ0v) is 9.52. The molecule has 7 heteroatoms. The largest absolute Gasteiger partial charge is 0.465 e. The molecular weight excluding hydrogens is 234 g/mol. The lowest BCUT2D eigenvalue weighted by Gasteiger charge is -2.06. The van der Waals surface area contributed by atoms with Crippen LogP contribution in [0.2, 0.25) is 0 Å². The Morgan fingerprint density at radius 2 is 2.28 bits per heavy atom. The summed E-state index contributed by atoms with van der Waals surface area (Å²) in [5.74, 6) is -0.427. The second-order valence-corrected chi connectivity index (χ2v) is 3.56. The molecule has 18 heavy (non-hydrogen) atoms. The van der Waals surface area contributed by atoms with Crippen LogP contribution in [0.3, 0.4) is 0 Å². The summed E-state index contributed by atoms with van der Waals surface area (Å²) in [6, 6.07) is 1.60. The highest BCUT2D eigenvalue weighted by Crippen LogP contribution is 2.17. The molecule has 0 unspecified atom stereocenters. The van der Waals surface area contributed by atoms with E-state index in [-0.39, 0.29) is 0 Å². The molecule has 90 valence electrons. The molecule has 3 aromatic heterocycles. The fourth-order valence-electron chi connectivity index (χ4n) is 1.76. The molecule has 0 spiro atoms. The van der Waals surface area contributed by atoms with Gasteiger partial charge in [-0.1, -0.05) is 0 Å². The van der Waals surface area contributed by atoms with Gasteiger partial charge in [-0.15, -0.1) is 0 Å². The second-order valence-electron chi connectivity index (χ2n) is 3.56. The molecule has 0 radical (unpaired) electrons. The fourth-order valence-corrected chi connectivity index (χ4v) is 1.76. The number of imidazole rings is 1. The molecule has 0 saturated carbocycles. The van der Waals surface area contributed by atoms with Crippen LogP contribution in [0.1, 0.15) is 10.4 Å². The zero-order chi connectivity index (χ0) is 12.5. The molecule has 0 aliphatic heterocycles. The van der Waals surface area contributed by atoms with Gasteiger partial charge in [0.15, 0.2) is 0 Å². The van der Waals surface area contributed by atoms with E-state index in [1.165, 1.54) is 7.11 Å². The maximum Gasteiger partial charge on any atom is 0.340 e. The van der Waals surface area contributed by atoms with Crippen molar-refractivity contribution in [3.63, 3.8) is 0 Å². The molecule has 7 nitrogen and oxygen atoms in total. The third-order valence-corrected chi connectivity index (χ3v) is 2.56. The lowest BCUT2D eigenvalue weighted by molar-refractivity contribution is 0.0602. The van der Waals surface area contributed by atoms with Crippen molar-refractivity contribution in [2.75, 3.05) is 7.11 Å². The first-order chi connectivity index (χ1) is 8.81. The van der Waals surface area contributed by atoms with Gasteiger partial charge in [0.1, 0.15) is 17.4 Å². The quantitative estimate of drug-likeness (QED) is 0.620. The summed E-state index contributed by atoms with van der Waals surface area (Å²) in [6.45, 7) is 0. The number of rotatable bonds is 2. The Morgan fingerprint density at radius 3 is 3.00 bits per heavy atom. The molecule has 0 N–H and O–H groups in total. The topological polar surface area (TPSA) is 74.8 Å². The van der Waals surface area contributed by atoms with Crippen LogP contribution in [0.4, 0.5) is 0 Å². The van der Waals surface area contributed by atoms with Crippen LogP contribution in [-0.2, 0) is 4.74 Å². The molecule has 3 aromatic rings. The summed E-state index contributed by atoms with van der Waals surface area (Å²) in [6.07, 6.45) is 8.07. The lowest BCUT2D eigenvalue weighted by atomic mass is 10.2. The third kappa shape index (κ3) is 1.45. The number of pyridine rings is 1. The van der Waals surface area contributed by atoms with Gasteiger partial charge in [-0.25, -0.2) is 14.5 Å². The number of carbonyl (C=O) groups excluding carboxylic acids is 1. The van der Waals surface area contributed by atoms with Crippen molar-refractivity contribution in [3.8, 4) is 0 Å². The van der Waals surface area contributed by atoms with Crippen LogP contribution >= 0.6 is 0 Å². The number of hydrogen-bond donors (Lipinski definition) is 0. The summed E-state index contributed by atoms with van der Waals surface area (Å²) < 4.78 is 6.40. The maximum absolute atomic E-state index is 11.7. The first kappa shape index (κ1) is 10.5. The van der Waals surface area contributed by atoms with Crippen LogP contribution in [0.15, 0.2) is 37.2 Å². The minimum Gasteiger partial charge on any atom is -0.465 e. The van der Waals surface area contributed by atoms with Gasteiger partial charge in [0.25, 0.3) is 0 Å². The van der Waals surface area contributed by atoms with Gasteiger partial charge in [0.05, 0.1) is 18.9 Å². The molecule has 0 aliphatic carbocycles. The predicted octanol–water partition coefficient (Wildman–Crippen LogP) is 0.726. The van der Waals surface area contributed by atoms with Gasteiger partial charge in [-0.2, -0.15) is 9.89 Å². The van der Waals surface area contributed by atoms with E-state index in [4.69, 9.17) is 4.74 Å². The second kappa shape index (κ2) is 3.95. The van der Waals surface area contributed by atoms with Crippen molar-refractivity contribution in [1.82, 2.24) is 24.5 Å². The average Bonchev–Trinajstić information content (AvgIpc) is 3.05. The zero-order valence-electron chi connectivity index (χ0n) is 9.52. The Bertz CT molecular complexity index is 701. The number of aromatic nitrogens is 5. The SMILES string of the molecule is COC(=O)c1ccnc2cnn(-n3ccnc3)c12. The number of carbonyl (C=O) groups is 1. The van der Waals surface area contributed by atoms with Crippen molar-refractivity contribution in [2.45, 2.75) is 0 Å². The molecule has 0 saturated heterocycles. The Hall–Kier alpha value is -2.70. The van der Waals surface area contributed by atoms with Crippen LogP contribution in [0, 0.1) is 0 Å². The van der Waals surface area contributed by atoms with E-state index < -0.39 is 5.97 Å². The lowest BCUT2D eigenvalue weighted by Crippen LogP contribution is -2.12. The summed E-state index contributed by atoms with van der Waals surface area (Å²) in [4.78, 5) is 21.4. The molecule has 3 rings (SSSR count). The van der Waals surface area contributed by atoms with Crippen LogP contribution < -0.4 is 0 Å². The minimum absolute atomic E-state index is 0.411. The smallest absolute Gasteiger partial charge is 0.340 e. The fraction of sp³-hybridized carbons (Fsp3) is 0.0909. The molecule has 0 bridgehead atoms. The van der Waals surface area contributed by atoms with Crippen molar-refractivity contribution >= 4 is 17.0 Å². The number of esters is 1. The standard InChI is InChI=1S/C11H9N5O2/c1-18-11(17)8-2-3-13-9-6-14-16(10(8)9)15-5-4-12-7-15/h2-7H,1H3. The van der Waals surface area contributed by atoms with Crippen molar-refractivity contribution in [2.24, 2.45) is 0 Å². The summed E-state index contributed by atoms with van der Waals surface area (Å²) >= 11 is 0. The van der Waals surface area contributed by atoms with E-state index in [2.05, 4.69) is 15.1 Å². The highest BCUT2D eigenvalue weighted by atomic mass is 16.5. The predicted molar refractivity (Wildman–Crippen MR) is 61.9 cm³/mol. The number of fused-ring (bicyclic) bond motifs is 1. The summed E-state index contributed by atoms with van der Waals surface area (Å²) in [5, 5.41) is 4.18. The number of hydrogen-bond acceptors (Lipinski definition) is 5. The van der Waals surface area contributed by atoms with Gasteiger partial charge >= 0.3 is 5.97 Å². The Balaban J connectivity index is 2.31. The van der Waals surface area contributed by atoms with Crippen LogP contribution in [-0.4, -0.2) is 37.6 Å². The van der Waals surface area contributed by atoms with E-state index in [0.29, 0.717) is 16.6 Å². The monoisotopic (exact) mass is 243 g/mol. The van der Waals surface area contributed by atoms with E-state index in [0.717, 1.165) is 0 Å². The van der Waals surface area contributed by atoms with E-state index >= 15 is 0 Å². The first-order valence-electron chi connectivity index (χ1n) is 5.21. The molecule has 0 amide bonds. The Morgan fingerprint density at radius 1 is 1.39 bits per heavy atom. The van der Waals surface area contributed by atoms with Crippen LogP contribution in [0.5, 0.6) is 0 Å². The molecule has 0 aliphatic rings. The first-order valence-corrected chi connectivity index (χ1v) is 5.21. The highest BCUT2D eigenvalue weighted by molar-refractivity contribution is 6.01. The van der Waals surface area contributed by atoms with Gasteiger partial charge in [0.2, 0.25) is 0 Å². The maximum atomic E-state index is 11.7. The third-order valence-electron chi connectivity index (χ3n) is 2.56.